The number of anilines is 2. The van der Waals surface area contributed by atoms with Gasteiger partial charge in [-0.1, -0.05) is 18.2 Å². The van der Waals surface area contributed by atoms with Crippen molar-refractivity contribution < 1.29 is 14.3 Å². The van der Waals surface area contributed by atoms with Crippen molar-refractivity contribution in [3.8, 4) is 5.75 Å². The monoisotopic (exact) mass is 327 g/mol. The number of carbonyl (C=O) groups excluding carboxylic acids is 2. The van der Waals surface area contributed by atoms with Crippen LogP contribution in [0, 0.1) is 13.8 Å². The lowest BCUT2D eigenvalue weighted by molar-refractivity contribution is -0.114. The van der Waals surface area contributed by atoms with E-state index >= 15 is 0 Å². The van der Waals surface area contributed by atoms with Gasteiger partial charge in [0.25, 0.3) is 0 Å². The molecule has 2 aromatic carbocycles. The lowest BCUT2D eigenvalue weighted by atomic mass is 10.1. The summed E-state index contributed by atoms with van der Waals surface area (Å²) in [5.41, 5.74) is 3.37. The Balaban J connectivity index is 1.85. The summed E-state index contributed by atoms with van der Waals surface area (Å²) in [6.07, 6.45) is 0. The van der Waals surface area contributed by atoms with E-state index in [1.54, 1.807) is 24.3 Å². The van der Waals surface area contributed by atoms with Gasteiger partial charge >= 0.3 is 6.03 Å². The Hall–Kier alpha value is -3.02. The van der Waals surface area contributed by atoms with Crippen LogP contribution in [0.4, 0.5) is 16.2 Å². The second kappa shape index (κ2) is 8.01. The van der Waals surface area contributed by atoms with Crippen LogP contribution in [0.1, 0.15) is 18.1 Å². The molecule has 6 heteroatoms. The topological polar surface area (TPSA) is 79.5 Å². The van der Waals surface area contributed by atoms with E-state index in [4.69, 9.17) is 4.74 Å². The molecule has 3 N–H and O–H groups in total. The Morgan fingerprint density at radius 1 is 1.00 bits per heavy atom. The molecular weight excluding hydrogens is 306 g/mol. The molecule has 0 aliphatic carbocycles. The molecule has 0 saturated heterocycles. The Morgan fingerprint density at radius 2 is 1.67 bits per heavy atom. The molecule has 0 fully saturated rings. The minimum atomic E-state index is -0.389. The molecule has 0 unspecified atom stereocenters. The summed E-state index contributed by atoms with van der Waals surface area (Å²) < 4.78 is 5.57. The maximum absolute atomic E-state index is 11.9. The molecule has 0 aliphatic heterocycles. The van der Waals surface area contributed by atoms with Crippen molar-refractivity contribution in [2.24, 2.45) is 0 Å². The first-order valence-electron chi connectivity index (χ1n) is 7.57. The van der Waals surface area contributed by atoms with Crippen molar-refractivity contribution in [2.75, 3.05) is 17.4 Å². The summed E-state index contributed by atoms with van der Waals surface area (Å²) in [6.45, 7) is 5.46. The van der Waals surface area contributed by atoms with Crippen molar-refractivity contribution in [3.05, 3.63) is 53.6 Å². The van der Waals surface area contributed by atoms with Gasteiger partial charge in [0, 0.05) is 18.3 Å². The molecule has 0 bridgehead atoms. The zero-order valence-electron chi connectivity index (χ0n) is 14.0. The fourth-order valence-corrected chi connectivity index (χ4v) is 2.11. The number of urea groups is 1. The second-order valence-corrected chi connectivity index (χ2v) is 5.38. The van der Waals surface area contributed by atoms with Crippen LogP contribution in [0.25, 0.3) is 0 Å². The van der Waals surface area contributed by atoms with Crippen LogP contribution < -0.4 is 20.7 Å². The average molecular weight is 327 g/mol. The molecule has 0 heterocycles. The van der Waals surface area contributed by atoms with Gasteiger partial charge in [-0.25, -0.2) is 4.79 Å². The van der Waals surface area contributed by atoms with Crippen LogP contribution in [0.3, 0.4) is 0 Å². The van der Waals surface area contributed by atoms with E-state index in [0.717, 1.165) is 16.9 Å². The lowest BCUT2D eigenvalue weighted by Crippen LogP contribution is -2.32. The highest BCUT2D eigenvalue weighted by atomic mass is 16.5. The third kappa shape index (κ3) is 5.01. The van der Waals surface area contributed by atoms with E-state index in [0.29, 0.717) is 11.4 Å². The third-order valence-corrected chi connectivity index (χ3v) is 3.46. The minimum Gasteiger partial charge on any atom is -0.473 e. The fraction of sp³-hybridized carbons (Fsp3) is 0.222. The summed E-state index contributed by atoms with van der Waals surface area (Å²) in [4.78, 5) is 22.9. The van der Waals surface area contributed by atoms with Crippen LogP contribution in [-0.4, -0.2) is 18.7 Å². The highest BCUT2D eigenvalue weighted by Gasteiger charge is 2.05. The summed E-state index contributed by atoms with van der Waals surface area (Å²) in [5, 5.41) is 7.97. The number of benzene rings is 2. The first kappa shape index (κ1) is 17.3. The van der Waals surface area contributed by atoms with E-state index in [2.05, 4.69) is 16.0 Å². The molecule has 0 spiro atoms. The van der Waals surface area contributed by atoms with Gasteiger partial charge in [0.1, 0.15) is 5.75 Å². The van der Waals surface area contributed by atoms with Crippen molar-refractivity contribution >= 4 is 23.3 Å². The average Bonchev–Trinajstić information content (AvgIpc) is 2.51. The van der Waals surface area contributed by atoms with Crippen molar-refractivity contribution in [1.82, 2.24) is 5.32 Å². The van der Waals surface area contributed by atoms with Crippen LogP contribution in [0.5, 0.6) is 5.75 Å². The molecule has 24 heavy (non-hydrogen) atoms. The molecule has 0 radical (unpaired) electrons. The molecule has 3 amide bonds. The minimum absolute atomic E-state index is 0.0571. The number of aryl methyl sites for hydroxylation is 1. The number of hydrogen-bond donors (Lipinski definition) is 3. The number of hydrogen-bond acceptors (Lipinski definition) is 3. The number of amides is 3. The second-order valence-electron chi connectivity index (χ2n) is 5.38. The van der Waals surface area contributed by atoms with Gasteiger partial charge in [-0.2, -0.15) is 0 Å². The van der Waals surface area contributed by atoms with Crippen molar-refractivity contribution in [2.45, 2.75) is 20.8 Å². The fourth-order valence-electron chi connectivity index (χ4n) is 2.11. The molecule has 0 aromatic heterocycles. The summed E-state index contributed by atoms with van der Waals surface area (Å²) in [6, 6.07) is 12.3. The quantitative estimate of drug-likeness (QED) is 0.736. The Labute approximate surface area is 141 Å². The number of rotatable bonds is 5. The van der Waals surface area contributed by atoms with Gasteiger partial charge in [0.15, 0.2) is 6.73 Å². The maximum atomic E-state index is 11.9. The van der Waals surface area contributed by atoms with E-state index in [1.165, 1.54) is 6.92 Å². The SMILES string of the molecule is CC(=O)Nc1cccc(NC(=O)NCOc2cccc(C)c2C)c1. The molecule has 0 saturated carbocycles. The molecular formula is C18H21N3O3. The molecule has 0 atom stereocenters. The number of ether oxygens (including phenoxy) is 1. The first-order valence-corrected chi connectivity index (χ1v) is 7.57. The standard InChI is InChI=1S/C18H21N3O3/c1-12-6-4-9-17(13(12)2)24-11-19-18(23)21-16-8-5-7-15(10-16)20-14(3)22/h4-10H,11H2,1-3H3,(H,20,22)(H2,19,21,23). The summed E-state index contributed by atoms with van der Waals surface area (Å²) >= 11 is 0. The van der Waals surface area contributed by atoms with Crippen LogP contribution >= 0.6 is 0 Å². The molecule has 0 aliphatic rings. The number of nitrogens with one attached hydrogen (secondary N) is 3. The van der Waals surface area contributed by atoms with Crippen LogP contribution in [0.2, 0.25) is 0 Å². The highest BCUT2D eigenvalue weighted by molar-refractivity contribution is 5.92. The highest BCUT2D eigenvalue weighted by Crippen LogP contribution is 2.20. The summed E-state index contributed by atoms with van der Waals surface area (Å²) in [5.74, 6) is 0.571. The Kier molecular flexibility index (Phi) is 5.78. The van der Waals surface area contributed by atoms with E-state index in [-0.39, 0.29) is 18.7 Å². The smallest absolute Gasteiger partial charge is 0.321 e. The van der Waals surface area contributed by atoms with Crippen LogP contribution in [0.15, 0.2) is 42.5 Å². The lowest BCUT2D eigenvalue weighted by Gasteiger charge is -2.12. The maximum Gasteiger partial charge on any atom is 0.321 e. The van der Waals surface area contributed by atoms with Gasteiger partial charge in [-0.3, -0.25) is 4.79 Å². The van der Waals surface area contributed by atoms with Crippen molar-refractivity contribution in [3.63, 3.8) is 0 Å². The third-order valence-electron chi connectivity index (χ3n) is 3.46. The predicted octanol–water partition coefficient (Wildman–Crippen LogP) is 3.42. The van der Waals surface area contributed by atoms with Gasteiger partial charge in [0.05, 0.1) is 0 Å². The normalized spacial score (nSPS) is 9.96. The zero-order chi connectivity index (χ0) is 17.5. The van der Waals surface area contributed by atoms with Gasteiger partial charge in [0.2, 0.25) is 5.91 Å². The molecule has 126 valence electrons. The number of carbonyl (C=O) groups is 2. The first-order chi connectivity index (χ1) is 11.5. The van der Waals surface area contributed by atoms with Gasteiger partial charge in [-0.05, 0) is 49.2 Å². The predicted molar refractivity (Wildman–Crippen MR) is 94.3 cm³/mol. The largest absolute Gasteiger partial charge is 0.473 e. The van der Waals surface area contributed by atoms with Gasteiger partial charge < -0.3 is 20.7 Å². The van der Waals surface area contributed by atoms with Crippen molar-refractivity contribution in [1.29, 1.82) is 0 Å². The Morgan fingerprint density at radius 3 is 2.38 bits per heavy atom. The van der Waals surface area contributed by atoms with Gasteiger partial charge in [-0.15, -0.1) is 0 Å². The van der Waals surface area contributed by atoms with E-state index in [1.807, 2.05) is 32.0 Å². The zero-order valence-corrected chi connectivity index (χ0v) is 14.0. The Bertz CT molecular complexity index is 744. The summed E-state index contributed by atoms with van der Waals surface area (Å²) in [7, 11) is 0. The molecule has 2 aromatic rings. The van der Waals surface area contributed by atoms with Crippen LogP contribution in [-0.2, 0) is 4.79 Å². The van der Waals surface area contributed by atoms with E-state index in [9.17, 15) is 9.59 Å². The molecule has 2 rings (SSSR count). The molecule has 6 nitrogen and oxygen atoms in total. The van der Waals surface area contributed by atoms with E-state index < -0.39 is 0 Å².